The van der Waals surface area contributed by atoms with Crippen molar-refractivity contribution in [3.8, 4) is 11.8 Å². The number of aromatic nitrogens is 3. The first-order chi connectivity index (χ1) is 11.9. The lowest BCUT2D eigenvalue weighted by Gasteiger charge is -2.26. The Hall–Kier alpha value is -2.88. The molecule has 0 spiro atoms. The van der Waals surface area contributed by atoms with E-state index in [0.29, 0.717) is 0 Å². The molecule has 0 radical (unpaired) electrons. The van der Waals surface area contributed by atoms with Gasteiger partial charge in [0.2, 0.25) is 10.0 Å². The molecule has 3 rings (SSSR count). The molecule has 25 heavy (non-hydrogen) atoms. The second-order valence-electron chi connectivity index (χ2n) is 5.05. The monoisotopic (exact) mass is 364 g/mol. The van der Waals surface area contributed by atoms with Gasteiger partial charge in [-0.15, -0.1) is 5.10 Å². The highest BCUT2D eigenvalue weighted by Crippen LogP contribution is 2.27. The predicted octanol–water partition coefficient (Wildman–Crippen LogP) is 0.0681. The maximum absolute atomic E-state index is 12.6. The number of nitriles is 1. The van der Waals surface area contributed by atoms with Crippen LogP contribution in [-0.4, -0.2) is 58.7 Å². The summed E-state index contributed by atoms with van der Waals surface area (Å²) in [6.45, 7) is 0.920. The van der Waals surface area contributed by atoms with Gasteiger partial charge < -0.3 is 4.74 Å². The van der Waals surface area contributed by atoms with Crippen LogP contribution in [0.5, 0.6) is 0 Å². The number of hydrogen-bond donors (Lipinski definition) is 0. The Kier molecular flexibility index (Phi) is 4.45. The van der Waals surface area contributed by atoms with E-state index in [1.807, 2.05) is 0 Å². The maximum atomic E-state index is 12.6. The van der Waals surface area contributed by atoms with Crippen molar-refractivity contribution >= 4 is 15.7 Å². The molecule has 0 atom stereocenters. The molecule has 0 unspecified atom stereocenters. The summed E-state index contributed by atoms with van der Waals surface area (Å²) in [6, 6.07) is 5.23. The smallest absolute Gasteiger partial charge is 0.296 e. The van der Waals surface area contributed by atoms with Crippen molar-refractivity contribution in [3.05, 3.63) is 40.5 Å². The summed E-state index contributed by atoms with van der Waals surface area (Å²) in [7, 11) is -3.87. The van der Waals surface area contributed by atoms with Crippen LogP contribution >= 0.6 is 0 Å². The van der Waals surface area contributed by atoms with Crippen molar-refractivity contribution in [2.24, 2.45) is 0 Å². The third-order valence-corrected chi connectivity index (χ3v) is 5.48. The SMILES string of the molecule is N#Cc1ncn(-c2ccc(S(=O)(=O)N3CCOCC3)cc2[N+](=O)[O-])n1. The molecule has 0 N–H and O–H groups in total. The Morgan fingerprint density at radius 3 is 2.64 bits per heavy atom. The first kappa shape index (κ1) is 17.0. The molecule has 1 aromatic heterocycles. The first-order valence-electron chi connectivity index (χ1n) is 7.12. The average molecular weight is 364 g/mol. The molecule has 12 heteroatoms. The average Bonchev–Trinajstić information content (AvgIpc) is 3.11. The lowest BCUT2D eigenvalue weighted by Crippen LogP contribution is -2.40. The Labute approximate surface area is 142 Å². The highest BCUT2D eigenvalue weighted by molar-refractivity contribution is 7.89. The largest absolute Gasteiger partial charge is 0.379 e. The van der Waals surface area contributed by atoms with E-state index in [-0.39, 0.29) is 42.7 Å². The van der Waals surface area contributed by atoms with E-state index in [9.17, 15) is 18.5 Å². The molecule has 130 valence electrons. The van der Waals surface area contributed by atoms with Gasteiger partial charge in [-0.2, -0.15) is 9.57 Å². The number of morpholine rings is 1. The van der Waals surface area contributed by atoms with E-state index in [1.165, 1.54) is 16.4 Å². The van der Waals surface area contributed by atoms with Crippen molar-refractivity contribution in [1.29, 1.82) is 5.26 Å². The minimum Gasteiger partial charge on any atom is -0.379 e. The highest BCUT2D eigenvalue weighted by atomic mass is 32.2. The second kappa shape index (κ2) is 6.55. The van der Waals surface area contributed by atoms with Gasteiger partial charge in [0.05, 0.1) is 23.0 Å². The Morgan fingerprint density at radius 2 is 2.04 bits per heavy atom. The number of sulfonamides is 1. The molecule has 0 aliphatic carbocycles. The zero-order valence-electron chi connectivity index (χ0n) is 12.8. The van der Waals surface area contributed by atoms with E-state index in [0.717, 1.165) is 17.1 Å². The van der Waals surface area contributed by atoms with Gasteiger partial charge in [-0.25, -0.2) is 18.1 Å². The predicted molar refractivity (Wildman–Crippen MR) is 82.3 cm³/mol. The minimum atomic E-state index is -3.87. The summed E-state index contributed by atoms with van der Waals surface area (Å²) in [5, 5.41) is 23.9. The van der Waals surface area contributed by atoms with Gasteiger partial charge in [0.25, 0.3) is 11.5 Å². The topological polar surface area (TPSA) is 144 Å². The van der Waals surface area contributed by atoms with Gasteiger partial charge in [-0.1, -0.05) is 0 Å². The Balaban J connectivity index is 2.05. The third kappa shape index (κ3) is 3.20. The lowest BCUT2D eigenvalue weighted by atomic mass is 10.3. The standard InChI is InChI=1S/C13H12N6O5S/c14-8-13-15-9-18(16-13)11-2-1-10(7-12(11)19(20)21)25(22,23)17-3-5-24-6-4-17/h1-2,7,9H,3-6H2. The van der Waals surface area contributed by atoms with Crippen LogP contribution in [0, 0.1) is 21.4 Å². The highest BCUT2D eigenvalue weighted by Gasteiger charge is 2.29. The summed E-state index contributed by atoms with van der Waals surface area (Å²) in [6.07, 6.45) is 1.15. The molecule has 1 aromatic carbocycles. The number of nitrogens with zero attached hydrogens (tertiary/aromatic N) is 6. The van der Waals surface area contributed by atoms with E-state index in [4.69, 9.17) is 10.00 Å². The molecule has 2 aromatic rings. The van der Waals surface area contributed by atoms with Gasteiger partial charge in [-0.05, 0) is 12.1 Å². The number of ether oxygens (including phenoxy) is 1. The summed E-state index contributed by atoms with van der Waals surface area (Å²) >= 11 is 0. The molecule has 11 nitrogen and oxygen atoms in total. The Morgan fingerprint density at radius 1 is 1.32 bits per heavy atom. The van der Waals surface area contributed by atoms with Crippen molar-refractivity contribution in [3.63, 3.8) is 0 Å². The molecule has 0 bridgehead atoms. The minimum absolute atomic E-state index is 0.0138. The zero-order chi connectivity index (χ0) is 18.0. The molecule has 2 heterocycles. The number of rotatable bonds is 4. The Bertz CT molecular complexity index is 958. The molecule has 0 saturated carbocycles. The van der Waals surface area contributed by atoms with Gasteiger partial charge in [0, 0.05) is 19.2 Å². The van der Waals surface area contributed by atoms with E-state index in [1.54, 1.807) is 6.07 Å². The number of benzene rings is 1. The van der Waals surface area contributed by atoms with Crippen LogP contribution in [0.1, 0.15) is 5.82 Å². The van der Waals surface area contributed by atoms with Crippen molar-refractivity contribution in [1.82, 2.24) is 19.1 Å². The molecule has 1 fully saturated rings. The van der Waals surface area contributed by atoms with Crippen molar-refractivity contribution in [2.45, 2.75) is 4.90 Å². The van der Waals surface area contributed by atoms with Crippen LogP contribution < -0.4 is 0 Å². The fraction of sp³-hybridized carbons (Fsp3) is 0.308. The first-order valence-corrected chi connectivity index (χ1v) is 8.56. The molecule has 1 saturated heterocycles. The van der Waals surface area contributed by atoms with Crippen LogP contribution in [0.25, 0.3) is 5.69 Å². The van der Waals surface area contributed by atoms with Crippen LogP contribution in [0.2, 0.25) is 0 Å². The van der Waals surface area contributed by atoms with Crippen LogP contribution in [0.3, 0.4) is 0 Å². The van der Waals surface area contributed by atoms with Crippen molar-refractivity contribution in [2.75, 3.05) is 26.3 Å². The summed E-state index contributed by atoms with van der Waals surface area (Å²) in [5.41, 5.74) is -0.441. The van der Waals surface area contributed by atoms with Crippen LogP contribution in [0.15, 0.2) is 29.4 Å². The summed E-state index contributed by atoms with van der Waals surface area (Å²) in [5.74, 6) is -0.153. The number of nitro benzene ring substituents is 1. The van der Waals surface area contributed by atoms with Gasteiger partial charge >= 0.3 is 0 Å². The quantitative estimate of drug-likeness (QED) is 0.547. The molecule has 0 amide bonds. The third-order valence-electron chi connectivity index (χ3n) is 3.59. The van der Waals surface area contributed by atoms with E-state index in [2.05, 4.69) is 10.1 Å². The van der Waals surface area contributed by atoms with E-state index >= 15 is 0 Å². The molecular formula is C13H12N6O5S. The summed E-state index contributed by atoms with van der Waals surface area (Å²) in [4.78, 5) is 14.2. The number of hydrogen-bond acceptors (Lipinski definition) is 8. The van der Waals surface area contributed by atoms with Crippen LogP contribution in [-0.2, 0) is 14.8 Å². The van der Waals surface area contributed by atoms with E-state index < -0.39 is 20.6 Å². The fourth-order valence-electron chi connectivity index (χ4n) is 2.37. The zero-order valence-corrected chi connectivity index (χ0v) is 13.6. The van der Waals surface area contributed by atoms with Gasteiger partial charge in [-0.3, -0.25) is 10.1 Å². The molecular weight excluding hydrogens is 352 g/mol. The normalized spacial score (nSPS) is 15.6. The number of nitro groups is 1. The lowest BCUT2D eigenvalue weighted by molar-refractivity contribution is -0.384. The molecule has 1 aliphatic heterocycles. The maximum Gasteiger partial charge on any atom is 0.296 e. The van der Waals surface area contributed by atoms with Crippen molar-refractivity contribution < 1.29 is 18.1 Å². The van der Waals surface area contributed by atoms with Gasteiger partial charge in [0.1, 0.15) is 18.1 Å². The van der Waals surface area contributed by atoms with Crippen LogP contribution in [0.4, 0.5) is 5.69 Å². The summed E-state index contributed by atoms with van der Waals surface area (Å²) < 4.78 is 32.7. The second-order valence-corrected chi connectivity index (χ2v) is 6.99. The fourth-order valence-corrected chi connectivity index (χ4v) is 3.80. The molecule has 1 aliphatic rings. The van der Waals surface area contributed by atoms with Gasteiger partial charge in [0.15, 0.2) is 0 Å².